The highest BCUT2D eigenvalue weighted by Gasteiger charge is 2.14. The number of aromatic amines is 1. The molecule has 0 radical (unpaired) electrons. The number of benzene rings is 1. The minimum atomic E-state index is -0.221. The molecule has 0 aliphatic carbocycles. The fourth-order valence-corrected chi connectivity index (χ4v) is 3.12. The van der Waals surface area contributed by atoms with E-state index in [2.05, 4.69) is 16.0 Å². The number of ether oxygens (including phenoxy) is 1. The van der Waals surface area contributed by atoms with Crippen LogP contribution in [-0.4, -0.2) is 17.1 Å². The number of methoxy groups -OCH3 is 1. The van der Waals surface area contributed by atoms with Gasteiger partial charge in [0.25, 0.3) is 5.56 Å². The molecule has 104 valence electrons. The van der Waals surface area contributed by atoms with Gasteiger partial charge in [-0.2, -0.15) is 5.26 Å². The lowest BCUT2D eigenvalue weighted by Gasteiger charge is -2.03. The van der Waals surface area contributed by atoms with Crippen molar-refractivity contribution in [3.8, 4) is 23.2 Å². The van der Waals surface area contributed by atoms with Gasteiger partial charge in [0, 0.05) is 5.56 Å². The molecule has 2 aromatic heterocycles. The summed E-state index contributed by atoms with van der Waals surface area (Å²) in [7, 11) is 1.60. The summed E-state index contributed by atoms with van der Waals surface area (Å²) < 4.78 is 5.11. The maximum Gasteiger partial charge on any atom is 0.260 e. The molecule has 0 bridgehead atoms. The maximum atomic E-state index is 12.2. The van der Waals surface area contributed by atoms with Crippen LogP contribution in [0.2, 0.25) is 0 Å². The Morgan fingerprint density at radius 1 is 1.33 bits per heavy atom. The lowest BCUT2D eigenvalue weighted by molar-refractivity contribution is 0.415. The summed E-state index contributed by atoms with van der Waals surface area (Å²) in [4.78, 5) is 20.6. The topological polar surface area (TPSA) is 78.8 Å². The largest absolute Gasteiger partial charge is 0.497 e. The summed E-state index contributed by atoms with van der Waals surface area (Å²) in [6.07, 6.45) is 0. The van der Waals surface area contributed by atoms with Crippen molar-refractivity contribution in [1.29, 1.82) is 5.26 Å². The normalized spacial score (nSPS) is 10.5. The van der Waals surface area contributed by atoms with Crippen molar-refractivity contribution in [1.82, 2.24) is 9.97 Å². The lowest BCUT2D eigenvalue weighted by atomic mass is 10.2. The first-order valence-corrected chi connectivity index (χ1v) is 7.03. The van der Waals surface area contributed by atoms with E-state index in [1.54, 1.807) is 26.2 Å². The highest BCUT2D eigenvalue weighted by atomic mass is 32.1. The van der Waals surface area contributed by atoms with Crippen molar-refractivity contribution in [2.75, 3.05) is 7.11 Å². The highest BCUT2D eigenvalue weighted by molar-refractivity contribution is 7.19. The van der Waals surface area contributed by atoms with E-state index in [1.807, 2.05) is 12.1 Å². The van der Waals surface area contributed by atoms with Gasteiger partial charge in [0.2, 0.25) is 0 Å². The molecule has 1 aromatic carbocycles. The maximum absolute atomic E-state index is 12.2. The number of hydrogen-bond donors (Lipinski definition) is 1. The number of nitriles is 1. The quantitative estimate of drug-likeness (QED) is 0.789. The summed E-state index contributed by atoms with van der Waals surface area (Å²) in [5.41, 5.74) is 1.26. The second-order valence-electron chi connectivity index (χ2n) is 4.49. The summed E-state index contributed by atoms with van der Waals surface area (Å²) in [6.45, 7) is 1.77. The molecule has 6 heteroatoms. The number of H-pyrrole nitrogens is 1. The zero-order chi connectivity index (χ0) is 15.0. The van der Waals surface area contributed by atoms with Gasteiger partial charge in [-0.05, 0) is 36.8 Å². The van der Waals surface area contributed by atoms with Crippen molar-refractivity contribution in [2.45, 2.75) is 6.92 Å². The van der Waals surface area contributed by atoms with Crippen molar-refractivity contribution in [3.05, 3.63) is 45.1 Å². The van der Waals surface area contributed by atoms with Crippen LogP contribution in [0.4, 0.5) is 0 Å². The Bertz CT molecular complexity index is 917. The number of hydrogen-bond acceptors (Lipinski definition) is 5. The fourth-order valence-electron chi connectivity index (χ4n) is 2.14. The third-order valence-corrected chi connectivity index (χ3v) is 4.36. The number of aryl methyl sites for hydroxylation is 1. The molecule has 5 nitrogen and oxygen atoms in total. The molecule has 0 unspecified atom stereocenters. The van der Waals surface area contributed by atoms with E-state index >= 15 is 0 Å². The zero-order valence-corrected chi connectivity index (χ0v) is 12.2. The van der Waals surface area contributed by atoms with E-state index in [-0.39, 0.29) is 5.56 Å². The molecule has 3 aromatic rings. The number of fused-ring (bicyclic) bond motifs is 1. The van der Waals surface area contributed by atoms with Crippen molar-refractivity contribution in [3.63, 3.8) is 0 Å². The molecule has 0 aliphatic rings. The van der Waals surface area contributed by atoms with Crippen LogP contribution in [0.15, 0.2) is 29.1 Å². The number of nitrogens with one attached hydrogen (secondary N) is 1. The first kappa shape index (κ1) is 13.3. The molecule has 1 N–H and O–H groups in total. The monoisotopic (exact) mass is 297 g/mol. The van der Waals surface area contributed by atoms with Crippen molar-refractivity contribution in [2.24, 2.45) is 0 Å². The second-order valence-corrected chi connectivity index (χ2v) is 5.49. The van der Waals surface area contributed by atoms with Gasteiger partial charge in [-0.3, -0.25) is 4.79 Å². The second kappa shape index (κ2) is 5.04. The van der Waals surface area contributed by atoms with Crippen LogP contribution < -0.4 is 10.3 Å². The van der Waals surface area contributed by atoms with Crippen LogP contribution in [0, 0.1) is 18.3 Å². The molecule has 2 heterocycles. The zero-order valence-electron chi connectivity index (χ0n) is 11.4. The molecule has 21 heavy (non-hydrogen) atoms. The third-order valence-electron chi connectivity index (χ3n) is 3.27. The average molecular weight is 297 g/mol. The Morgan fingerprint density at radius 2 is 2.05 bits per heavy atom. The number of thiophene rings is 1. The highest BCUT2D eigenvalue weighted by Crippen LogP contribution is 2.28. The average Bonchev–Trinajstić information content (AvgIpc) is 2.84. The van der Waals surface area contributed by atoms with Gasteiger partial charge in [-0.15, -0.1) is 11.3 Å². The molecule has 0 aliphatic heterocycles. The molecule has 0 saturated heterocycles. The van der Waals surface area contributed by atoms with Crippen LogP contribution in [0.1, 0.15) is 10.4 Å². The molecular weight excluding hydrogens is 286 g/mol. The Hall–Kier alpha value is -2.65. The van der Waals surface area contributed by atoms with Gasteiger partial charge in [-0.25, -0.2) is 4.98 Å². The summed E-state index contributed by atoms with van der Waals surface area (Å²) in [5, 5.41) is 9.56. The van der Waals surface area contributed by atoms with Crippen molar-refractivity contribution >= 4 is 21.6 Å². The first-order valence-electron chi connectivity index (χ1n) is 6.22. The van der Waals surface area contributed by atoms with Crippen LogP contribution in [0.3, 0.4) is 0 Å². The lowest BCUT2D eigenvalue weighted by Crippen LogP contribution is -2.09. The summed E-state index contributed by atoms with van der Waals surface area (Å²) in [6, 6.07) is 9.36. The SMILES string of the molecule is COc1ccc(-c2nc3sc(C#N)c(C)c3c(=O)[nH]2)cc1. The van der Waals surface area contributed by atoms with Crippen LogP contribution in [0.5, 0.6) is 5.75 Å². The van der Waals surface area contributed by atoms with E-state index in [9.17, 15) is 4.79 Å². The van der Waals surface area contributed by atoms with E-state index in [0.29, 0.717) is 26.5 Å². The van der Waals surface area contributed by atoms with Crippen molar-refractivity contribution < 1.29 is 4.74 Å². The Morgan fingerprint density at radius 3 is 2.67 bits per heavy atom. The van der Waals surface area contributed by atoms with Gasteiger partial charge < -0.3 is 9.72 Å². The molecule has 0 saturated carbocycles. The minimum absolute atomic E-state index is 0.221. The predicted molar refractivity (Wildman–Crippen MR) is 81.7 cm³/mol. The van der Waals surface area contributed by atoms with E-state index in [1.165, 1.54) is 11.3 Å². The fraction of sp³-hybridized carbons (Fsp3) is 0.133. The number of rotatable bonds is 2. The van der Waals surface area contributed by atoms with Gasteiger partial charge in [0.15, 0.2) is 0 Å². The molecule has 0 spiro atoms. The minimum Gasteiger partial charge on any atom is -0.497 e. The van der Waals surface area contributed by atoms with Crippen LogP contribution >= 0.6 is 11.3 Å². The molecular formula is C15H11N3O2S. The summed E-state index contributed by atoms with van der Waals surface area (Å²) in [5.74, 6) is 1.22. The van der Waals surface area contributed by atoms with Gasteiger partial charge in [0.05, 0.1) is 12.5 Å². The molecule has 0 amide bonds. The Labute approximate surface area is 124 Å². The van der Waals surface area contributed by atoms with Gasteiger partial charge >= 0.3 is 0 Å². The molecule has 0 atom stereocenters. The molecule has 0 fully saturated rings. The van der Waals surface area contributed by atoms with E-state index in [0.717, 1.165) is 11.3 Å². The number of aromatic nitrogens is 2. The summed E-state index contributed by atoms with van der Waals surface area (Å²) >= 11 is 1.24. The Kier molecular flexibility index (Phi) is 3.20. The standard InChI is InChI=1S/C15H11N3O2S/c1-8-11(7-16)21-15-12(8)14(19)17-13(18-15)9-3-5-10(20-2)6-4-9/h3-6H,1-2H3,(H,17,18,19). The smallest absolute Gasteiger partial charge is 0.260 e. The Balaban J connectivity index is 2.20. The first-order chi connectivity index (χ1) is 10.1. The predicted octanol–water partition coefficient (Wildman–Crippen LogP) is 2.84. The third kappa shape index (κ3) is 2.18. The van der Waals surface area contributed by atoms with E-state index in [4.69, 9.17) is 10.00 Å². The molecule has 3 rings (SSSR count). The van der Waals surface area contributed by atoms with Gasteiger partial charge in [0.1, 0.15) is 27.4 Å². The number of nitrogens with zero attached hydrogens (tertiary/aromatic N) is 2. The van der Waals surface area contributed by atoms with Crippen LogP contribution in [-0.2, 0) is 0 Å². The van der Waals surface area contributed by atoms with Crippen LogP contribution in [0.25, 0.3) is 21.6 Å². The van der Waals surface area contributed by atoms with Gasteiger partial charge in [-0.1, -0.05) is 0 Å². The van der Waals surface area contributed by atoms with E-state index < -0.39 is 0 Å².